The molecule has 2 aliphatic heterocycles. The van der Waals surface area contributed by atoms with Crippen molar-refractivity contribution in [2.45, 2.75) is 38.5 Å². The number of carbonyl (C=O) groups excluding carboxylic acids is 2. The normalized spacial score (nSPS) is 27.5. The van der Waals surface area contributed by atoms with Gasteiger partial charge >= 0.3 is 6.03 Å². The third-order valence-corrected chi connectivity index (χ3v) is 4.28. The molecule has 2 aliphatic rings. The molecule has 0 bridgehead atoms. The third kappa shape index (κ3) is 3.67. The monoisotopic (exact) mass is 335 g/mol. The summed E-state index contributed by atoms with van der Waals surface area (Å²) >= 11 is 0. The number of carbonyl (C=O) groups is 2. The highest BCUT2D eigenvalue weighted by Gasteiger charge is 2.34. The third-order valence-electron chi connectivity index (χ3n) is 4.28. The van der Waals surface area contributed by atoms with Gasteiger partial charge in [0.05, 0.1) is 18.2 Å². The van der Waals surface area contributed by atoms with Gasteiger partial charge in [0.15, 0.2) is 0 Å². The lowest BCUT2D eigenvalue weighted by molar-refractivity contribution is -0.117. The zero-order valence-electron chi connectivity index (χ0n) is 13.9. The van der Waals surface area contributed by atoms with Crippen molar-refractivity contribution in [3.63, 3.8) is 0 Å². The number of rotatable bonds is 2. The molecule has 24 heavy (non-hydrogen) atoms. The summed E-state index contributed by atoms with van der Waals surface area (Å²) in [5.41, 5.74) is 0.519. The van der Waals surface area contributed by atoms with E-state index in [0.717, 1.165) is 0 Å². The van der Waals surface area contributed by atoms with E-state index < -0.39 is 0 Å². The van der Waals surface area contributed by atoms with Crippen molar-refractivity contribution in [1.29, 1.82) is 0 Å². The number of ether oxygens (including phenoxy) is 1. The van der Waals surface area contributed by atoms with Crippen LogP contribution < -0.4 is 10.2 Å². The van der Waals surface area contributed by atoms with Crippen LogP contribution in [-0.4, -0.2) is 54.7 Å². The molecular formula is C17H22FN3O3. The first-order valence-corrected chi connectivity index (χ1v) is 8.19. The van der Waals surface area contributed by atoms with Gasteiger partial charge in [-0.1, -0.05) is 6.07 Å². The van der Waals surface area contributed by atoms with Gasteiger partial charge in [-0.25, -0.2) is 9.18 Å². The fraction of sp³-hybridized carbons (Fsp3) is 0.529. The Morgan fingerprint density at radius 2 is 1.96 bits per heavy atom. The lowest BCUT2D eigenvalue weighted by atomic mass is 10.2. The molecule has 2 saturated heterocycles. The van der Waals surface area contributed by atoms with Crippen LogP contribution in [0.5, 0.6) is 0 Å². The number of halogens is 1. The van der Waals surface area contributed by atoms with E-state index in [2.05, 4.69) is 5.32 Å². The molecule has 1 N–H and O–H groups in total. The number of hydrogen-bond acceptors (Lipinski definition) is 3. The molecule has 0 spiro atoms. The second-order valence-corrected chi connectivity index (χ2v) is 6.50. The Bertz CT molecular complexity index is 629. The van der Waals surface area contributed by atoms with Crippen LogP contribution >= 0.6 is 0 Å². The summed E-state index contributed by atoms with van der Waals surface area (Å²) in [5, 5.41) is 2.91. The summed E-state index contributed by atoms with van der Waals surface area (Å²) in [5.74, 6) is -0.501. The Kier molecular flexibility index (Phi) is 4.71. The van der Waals surface area contributed by atoms with E-state index in [9.17, 15) is 14.0 Å². The molecule has 7 heteroatoms. The van der Waals surface area contributed by atoms with Crippen molar-refractivity contribution >= 4 is 17.6 Å². The topological polar surface area (TPSA) is 61.9 Å². The number of anilines is 1. The largest absolute Gasteiger partial charge is 0.372 e. The lowest BCUT2D eigenvalue weighted by Gasteiger charge is -2.35. The number of benzene rings is 1. The maximum absolute atomic E-state index is 13.3. The van der Waals surface area contributed by atoms with Crippen LogP contribution in [0.2, 0.25) is 0 Å². The standard InChI is InChI=1S/C17H22FN3O3/c1-11-8-20(9-12(2)24-11)17(23)19-14-7-16(22)21(10-14)15-5-3-4-13(18)6-15/h3-6,11-12,14H,7-10H2,1-2H3,(H,19,23). The Labute approximate surface area is 140 Å². The fourth-order valence-electron chi connectivity index (χ4n) is 3.31. The highest BCUT2D eigenvalue weighted by molar-refractivity contribution is 5.96. The summed E-state index contributed by atoms with van der Waals surface area (Å²) in [6.07, 6.45) is 0.208. The molecule has 0 saturated carbocycles. The molecule has 1 aromatic rings. The van der Waals surface area contributed by atoms with Crippen molar-refractivity contribution in [1.82, 2.24) is 10.2 Å². The van der Waals surface area contributed by atoms with Gasteiger partial charge in [-0.05, 0) is 32.0 Å². The molecule has 3 unspecified atom stereocenters. The van der Waals surface area contributed by atoms with Crippen LogP contribution in [0, 0.1) is 5.82 Å². The predicted octanol–water partition coefficient (Wildman–Crippen LogP) is 1.75. The first-order chi connectivity index (χ1) is 11.4. The van der Waals surface area contributed by atoms with Crippen molar-refractivity contribution in [3.05, 3.63) is 30.1 Å². The molecule has 0 radical (unpaired) electrons. The van der Waals surface area contributed by atoms with Gasteiger partial charge in [0.2, 0.25) is 5.91 Å². The van der Waals surface area contributed by atoms with Gasteiger partial charge in [-0.2, -0.15) is 0 Å². The number of morpholine rings is 1. The van der Waals surface area contributed by atoms with E-state index in [1.54, 1.807) is 17.0 Å². The second-order valence-electron chi connectivity index (χ2n) is 6.50. The van der Waals surface area contributed by atoms with Gasteiger partial charge < -0.3 is 19.9 Å². The Morgan fingerprint density at radius 3 is 2.62 bits per heavy atom. The van der Waals surface area contributed by atoms with Crippen molar-refractivity contribution in [2.24, 2.45) is 0 Å². The highest BCUT2D eigenvalue weighted by Crippen LogP contribution is 2.22. The van der Waals surface area contributed by atoms with Crippen LogP contribution in [0.3, 0.4) is 0 Å². The zero-order valence-corrected chi connectivity index (χ0v) is 13.9. The minimum atomic E-state index is -0.385. The molecule has 3 rings (SSSR count). The first-order valence-electron chi connectivity index (χ1n) is 8.19. The molecule has 0 aromatic heterocycles. The number of nitrogens with zero attached hydrogens (tertiary/aromatic N) is 2. The van der Waals surface area contributed by atoms with E-state index >= 15 is 0 Å². The molecule has 0 aliphatic carbocycles. The maximum atomic E-state index is 13.3. The van der Waals surface area contributed by atoms with Crippen LogP contribution in [0.1, 0.15) is 20.3 Å². The Hall–Kier alpha value is -2.15. The second kappa shape index (κ2) is 6.76. The molecule has 3 amide bonds. The van der Waals surface area contributed by atoms with Gasteiger partial charge in [0.25, 0.3) is 0 Å². The van der Waals surface area contributed by atoms with E-state index in [4.69, 9.17) is 4.74 Å². The minimum absolute atomic E-state index is 0.00602. The van der Waals surface area contributed by atoms with Crippen molar-refractivity contribution in [2.75, 3.05) is 24.5 Å². The highest BCUT2D eigenvalue weighted by atomic mass is 19.1. The summed E-state index contributed by atoms with van der Waals surface area (Å²) in [4.78, 5) is 27.8. The minimum Gasteiger partial charge on any atom is -0.372 e. The quantitative estimate of drug-likeness (QED) is 0.896. The molecule has 1 aromatic carbocycles. The maximum Gasteiger partial charge on any atom is 0.317 e. The van der Waals surface area contributed by atoms with E-state index in [0.29, 0.717) is 25.3 Å². The van der Waals surface area contributed by atoms with E-state index in [1.807, 2.05) is 13.8 Å². The van der Waals surface area contributed by atoms with Crippen LogP contribution in [0.4, 0.5) is 14.9 Å². The number of amides is 3. The van der Waals surface area contributed by atoms with Crippen LogP contribution in [-0.2, 0) is 9.53 Å². The fourth-order valence-corrected chi connectivity index (χ4v) is 3.31. The van der Waals surface area contributed by atoms with Gasteiger partial charge in [-0.15, -0.1) is 0 Å². The van der Waals surface area contributed by atoms with E-state index in [-0.39, 0.29) is 42.4 Å². The molecule has 2 heterocycles. The smallest absolute Gasteiger partial charge is 0.317 e. The van der Waals surface area contributed by atoms with E-state index in [1.165, 1.54) is 17.0 Å². The van der Waals surface area contributed by atoms with Crippen LogP contribution in [0.25, 0.3) is 0 Å². The summed E-state index contributed by atoms with van der Waals surface area (Å²) < 4.78 is 19.0. The van der Waals surface area contributed by atoms with Gasteiger partial charge in [-0.3, -0.25) is 4.79 Å². The average Bonchev–Trinajstić information content (AvgIpc) is 2.87. The molecule has 2 fully saturated rings. The Balaban J connectivity index is 1.61. The number of hydrogen-bond donors (Lipinski definition) is 1. The van der Waals surface area contributed by atoms with Crippen molar-refractivity contribution in [3.8, 4) is 0 Å². The summed E-state index contributed by atoms with van der Waals surface area (Å²) in [6.45, 7) is 5.28. The predicted molar refractivity (Wildman–Crippen MR) is 87.3 cm³/mol. The molecule has 3 atom stereocenters. The average molecular weight is 335 g/mol. The number of nitrogens with one attached hydrogen (secondary N) is 1. The molecular weight excluding hydrogens is 313 g/mol. The SMILES string of the molecule is CC1CN(C(=O)NC2CC(=O)N(c3cccc(F)c3)C2)CC(C)O1. The number of urea groups is 1. The van der Waals surface area contributed by atoms with Crippen molar-refractivity contribution < 1.29 is 18.7 Å². The molecule has 130 valence electrons. The van der Waals surface area contributed by atoms with Crippen LogP contribution in [0.15, 0.2) is 24.3 Å². The van der Waals surface area contributed by atoms with Gasteiger partial charge in [0, 0.05) is 31.7 Å². The summed E-state index contributed by atoms with van der Waals surface area (Å²) in [6, 6.07) is 5.46. The van der Waals surface area contributed by atoms with Gasteiger partial charge in [0.1, 0.15) is 5.82 Å². The molecule has 6 nitrogen and oxygen atoms in total. The lowest BCUT2D eigenvalue weighted by Crippen LogP contribution is -2.53. The first kappa shape index (κ1) is 16.7. The zero-order chi connectivity index (χ0) is 17.3. The summed E-state index contributed by atoms with van der Waals surface area (Å²) in [7, 11) is 0. The Morgan fingerprint density at radius 1 is 1.25 bits per heavy atom.